The standard InChI is InChI=1S/C14H19ClN4O2/c1-8(2)7-19-14(20)13(15)12(6-17-19)16-5-11-9(3)18-21-10(11)4/h6,8,16H,5,7H2,1-4H3. The number of aromatic nitrogens is 3. The molecule has 6 nitrogen and oxygen atoms in total. The second-order valence-corrected chi connectivity index (χ2v) is 5.79. The van der Waals surface area contributed by atoms with Crippen LogP contribution in [0, 0.1) is 19.8 Å². The van der Waals surface area contributed by atoms with Crippen LogP contribution < -0.4 is 10.9 Å². The lowest BCUT2D eigenvalue weighted by Gasteiger charge is -2.11. The Morgan fingerprint density at radius 3 is 2.71 bits per heavy atom. The van der Waals surface area contributed by atoms with Gasteiger partial charge < -0.3 is 9.84 Å². The minimum atomic E-state index is -0.283. The van der Waals surface area contributed by atoms with Crippen LogP contribution in [0.25, 0.3) is 0 Å². The summed E-state index contributed by atoms with van der Waals surface area (Å²) in [6.07, 6.45) is 1.57. The SMILES string of the molecule is Cc1noc(C)c1CNc1cnn(CC(C)C)c(=O)c1Cl. The zero-order chi connectivity index (χ0) is 15.6. The lowest BCUT2D eigenvalue weighted by molar-refractivity contribution is 0.392. The van der Waals surface area contributed by atoms with Crippen molar-refractivity contribution in [1.82, 2.24) is 14.9 Å². The summed E-state index contributed by atoms with van der Waals surface area (Å²) < 4.78 is 6.48. The molecule has 0 bridgehead atoms. The monoisotopic (exact) mass is 310 g/mol. The minimum Gasteiger partial charge on any atom is -0.378 e. The van der Waals surface area contributed by atoms with Crippen LogP contribution in [0.2, 0.25) is 5.02 Å². The van der Waals surface area contributed by atoms with E-state index in [2.05, 4.69) is 15.6 Å². The van der Waals surface area contributed by atoms with E-state index in [9.17, 15) is 4.79 Å². The molecule has 114 valence electrons. The third kappa shape index (κ3) is 3.44. The van der Waals surface area contributed by atoms with Gasteiger partial charge in [0.2, 0.25) is 0 Å². The van der Waals surface area contributed by atoms with Gasteiger partial charge in [-0.15, -0.1) is 0 Å². The number of anilines is 1. The van der Waals surface area contributed by atoms with Crippen LogP contribution in [-0.4, -0.2) is 14.9 Å². The first-order valence-electron chi connectivity index (χ1n) is 6.81. The van der Waals surface area contributed by atoms with Gasteiger partial charge >= 0.3 is 0 Å². The largest absolute Gasteiger partial charge is 0.378 e. The molecule has 0 atom stereocenters. The van der Waals surface area contributed by atoms with Crippen molar-refractivity contribution < 1.29 is 4.52 Å². The van der Waals surface area contributed by atoms with E-state index in [1.807, 2.05) is 27.7 Å². The molecule has 0 amide bonds. The van der Waals surface area contributed by atoms with Crippen LogP contribution in [0.3, 0.4) is 0 Å². The van der Waals surface area contributed by atoms with Gasteiger partial charge in [-0.1, -0.05) is 30.6 Å². The van der Waals surface area contributed by atoms with E-state index in [1.165, 1.54) is 4.68 Å². The third-order valence-corrected chi connectivity index (χ3v) is 3.53. The smallest absolute Gasteiger partial charge is 0.287 e. The molecule has 0 spiro atoms. The van der Waals surface area contributed by atoms with Crippen LogP contribution in [0.5, 0.6) is 0 Å². The predicted octanol–water partition coefficient (Wildman–Crippen LogP) is 2.77. The topological polar surface area (TPSA) is 73.0 Å². The number of rotatable bonds is 5. The van der Waals surface area contributed by atoms with Crippen LogP contribution in [0.4, 0.5) is 5.69 Å². The molecular formula is C14H19ClN4O2. The van der Waals surface area contributed by atoms with E-state index in [4.69, 9.17) is 16.1 Å². The zero-order valence-electron chi connectivity index (χ0n) is 12.6. The van der Waals surface area contributed by atoms with Crippen LogP contribution in [0.1, 0.15) is 30.9 Å². The van der Waals surface area contributed by atoms with Crippen molar-refractivity contribution in [2.24, 2.45) is 5.92 Å². The Kier molecular flexibility index (Phi) is 4.67. The highest BCUT2D eigenvalue weighted by atomic mass is 35.5. The van der Waals surface area contributed by atoms with Crippen LogP contribution >= 0.6 is 11.6 Å². The summed E-state index contributed by atoms with van der Waals surface area (Å²) >= 11 is 6.13. The minimum absolute atomic E-state index is 0.150. The van der Waals surface area contributed by atoms with Gasteiger partial charge in [0.15, 0.2) is 0 Å². The molecule has 0 aliphatic heterocycles. The molecular weight excluding hydrogens is 292 g/mol. The van der Waals surface area contributed by atoms with Crippen molar-refractivity contribution in [3.05, 3.63) is 38.6 Å². The zero-order valence-corrected chi connectivity index (χ0v) is 13.4. The van der Waals surface area contributed by atoms with E-state index in [0.29, 0.717) is 24.7 Å². The number of nitrogens with one attached hydrogen (secondary N) is 1. The normalized spacial score (nSPS) is 11.1. The van der Waals surface area contributed by atoms with Gasteiger partial charge in [-0.05, 0) is 19.8 Å². The van der Waals surface area contributed by atoms with Gasteiger partial charge in [0.25, 0.3) is 5.56 Å². The Morgan fingerprint density at radius 2 is 2.14 bits per heavy atom. The fourth-order valence-electron chi connectivity index (χ4n) is 2.00. The highest BCUT2D eigenvalue weighted by Gasteiger charge is 2.13. The maximum Gasteiger partial charge on any atom is 0.287 e. The third-order valence-electron chi connectivity index (χ3n) is 3.16. The maximum atomic E-state index is 12.1. The van der Waals surface area contributed by atoms with Crippen molar-refractivity contribution in [3.63, 3.8) is 0 Å². The molecule has 0 fully saturated rings. The molecule has 0 radical (unpaired) electrons. The van der Waals surface area contributed by atoms with Gasteiger partial charge in [-0.2, -0.15) is 5.10 Å². The van der Waals surface area contributed by atoms with Crippen LogP contribution in [0.15, 0.2) is 15.5 Å². The summed E-state index contributed by atoms with van der Waals surface area (Å²) in [5, 5.41) is 11.3. The van der Waals surface area contributed by atoms with E-state index < -0.39 is 0 Å². The molecule has 7 heteroatoms. The lowest BCUT2D eigenvalue weighted by Crippen LogP contribution is -2.26. The molecule has 0 saturated carbocycles. The van der Waals surface area contributed by atoms with E-state index in [0.717, 1.165) is 17.0 Å². The summed E-state index contributed by atoms with van der Waals surface area (Å²) in [4.78, 5) is 12.1. The van der Waals surface area contributed by atoms with Crippen molar-refractivity contribution in [1.29, 1.82) is 0 Å². The summed E-state index contributed by atoms with van der Waals surface area (Å²) in [6.45, 7) is 8.78. The molecule has 21 heavy (non-hydrogen) atoms. The first-order chi connectivity index (χ1) is 9.90. The molecule has 2 aromatic rings. The molecule has 2 rings (SSSR count). The van der Waals surface area contributed by atoms with Gasteiger partial charge in [-0.3, -0.25) is 4.79 Å². The molecule has 0 aliphatic carbocycles. The average molecular weight is 311 g/mol. The van der Waals surface area contributed by atoms with Crippen molar-refractivity contribution in [2.45, 2.75) is 40.8 Å². The van der Waals surface area contributed by atoms with E-state index in [-0.39, 0.29) is 10.6 Å². The first kappa shape index (κ1) is 15.6. The molecule has 0 saturated heterocycles. The quantitative estimate of drug-likeness (QED) is 0.919. The van der Waals surface area contributed by atoms with Crippen molar-refractivity contribution >= 4 is 17.3 Å². The molecule has 0 aliphatic rings. The van der Waals surface area contributed by atoms with E-state index in [1.54, 1.807) is 6.20 Å². The van der Waals surface area contributed by atoms with Crippen molar-refractivity contribution in [2.75, 3.05) is 5.32 Å². The summed E-state index contributed by atoms with van der Waals surface area (Å²) in [6, 6.07) is 0. The second kappa shape index (κ2) is 6.30. The molecule has 2 heterocycles. The van der Waals surface area contributed by atoms with E-state index >= 15 is 0 Å². The number of hydrogen-bond donors (Lipinski definition) is 1. The van der Waals surface area contributed by atoms with Gasteiger partial charge in [-0.25, -0.2) is 4.68 Å². The second-order valence-electron chi connectivity index (χ2n) is 5.41. The molecule has 0 unspecified atom stereocenters. The average Bonchev–Trinajstić information content (AvgIpc) is 2.74. The highest BCUT2D eigenvalue weighted by molar-refractivity contribution is 6.32. The molecule has 2 aromatic heterocycles. The highest BCUT2D eigenvalue weighted by Crippen LogP contribution is 2.19. The Hall–Kier alpha value is -1.82. The molecule has 1 N–H and O–H groups in total. The lowest BCUT2D eigenvalue weighted by atomic mass is 10.2. The Balaban J connectivity index is 2.18. The van der Waals surface area contributed by atoms with Crippen molar-refractivity contribution in [3.8, 4) is 0 Å². The number of nitrogens with zero attached hydrogens (tertiary/aromatic N) is 3. The molecule has 0 aromatic carbocycles. The number of aryl methyl sites for hydroxylation is 2. The summed E-state index contributed by atoms with van der Waals surface area (Å²) in [5.41, 5.74) is 2.01. The number of hydrogen-bond acceptors (Lipinski definition) is 5. The summed E-state index contributed by atoms with van der Waals surface area (Å²) in [5.74, 6) is 1.07. The van der Waals surface area contributed by atoms with Gasteiger partial charge in [0.05, 0.1) is 17.6 Å². The number of halogens is 1. The summed E-state index contributed by atoms with van der Waals surface area (Å²) in [7, 11) is 0. The predicted molar refractivity (Wildman–Crippen MR) is 81.6 cm³/mol. The fourth-order valence-corrected chi connectivity index (χ4v) is 2.22. The Labute approximate surface area is 128 Å². The fraction of sp³-hybridized carbons (Fsp3) is 0.500. The Morgan fingerprint density at radius 1 is 1.43 bits per heavy atom. The van der Waals surface area contributed by atoms with Crippen LogP contribution in [-0.2, 0) is 13.1 Å². The Bertz CT molecular complexity index is 671. The van der Waals surface area contributed by atoms with Gasteiger partial charge in [0, 0.05) is 18.7 Å². The first-order valence-corrected chi connectivity index (χ1v) is 7.19. The maximum absolute atomic E-state index is 12.1. The van der Waals surface area contributed by atoms with Gasteiger partial charge in [0.1, 0.15) is 10.8 Å².